The number of aryl methyl sites for hydroxylation is 1. The summed E-state index contributed by atoms with van der Waals surface area (Å²) >= 11 is 0. The lowest BCUT2D eigenvalue weighted by Gasteiger charge is -2.10. The van der Waals surface area contributed by atoms with E-state index in [0.29, 0.717) is 12.2 Å². The zero-order valence-corrected chi connectivity index (χ0v) is 11.1. The van der Waals surface area contributed by atoms with Gasteiger partial charge in [0.25, 0.3) is 5.56 Å². The van der Waals surface area contributed by atoms with Crippen LogP contribution in [0, 0.1) is 0 Å². The van der Waals surface area contributed by atoms with E-state index in [4.69, 9.17) is 4.74 Å². The maximum atomic E-state index is 11.7. The van der Waals surface area contributed by atoms with Gasteiger partial charge in [-0.25, -0.2) is 4.68 Å². The maximum absolute atomic E-state index is 11.7. The molecule has 0 saturated heterocycles. The van der Waals surface area contributed by atoms with Gasteiger partial charge in [0.05, 0.1) is 11.8 Å². The highest BCUT2D eigenvalue weighted by atomic mass is 16.5. The molecule has 0 spiro atoms. The standard InChI is InChI=1S/C14H17N3O2/c1-11(19-2)8-10-17-14(18)7-6-13(16-17)12-5-3-4-9-15-12/h3-7,9,11H,8,10H2,1-2H3/t11-/m1/s1. The van der Waals surface area contributed by atoms with Crippen LogP contribution in [0.3, 0.4) is 0 Å². The number of methoxy groups -OCH3 is 1. The zero-order valence-electron chi connectivity index (χ0n) is 11.1. The highest BCUT2D eigenvalue weighted by Gasteiger charge is 2.06. The number of pyridine rings is 1. The molecule has 0 amide bonds. The first-order chi connectivity index (χ1) is 9.20. The molecule has 2 aromatic rings. The third kappa shape index (κ3) is 3.48. The van der Waals surface area contributed by atoms with Crippen LogP contribution in [0.25, 0.3) is 11.4 Å². The van der Waals surface area contributed by atoms with Gasteiger partial charge in [0.15, 0.2) is 0 Å². The van der Waals surface area contributed by atoms with Gasteiger partial charge < -0.3 is 4.74 Å². The Morgan fingerprint density at radius 3 is 2.79 bits per heavy atom. The summed E-state index contributed by atoms with van der Waals surface area (Å²) in [6.45, 7) is 2.50. The second kappa shape index (κ2) is 6.24. The maximum Gasteiger partial charge on any atom is 0.266 e. The van der Waals surface area contributed by atoms with Gasteiger partial charge in [-0.3, -0.25) is 9.78 Å². The Bertz CT molecular complexity index is 581. The first-order valence-corrected chi connectivity index (χ1v) is 6.23. The van der Waals surface area contributed by atoms with Crippen LogP contribution in [-0.4, -0.2) is 28.0 Å². The molecule has 0 aliphatic rings. The lowest BCUT2D eigenvalue weighted by molar-refractivity contribution is 0.105. The number of ether oxygens (including phenoxy) is 1. The normalized spacial score (nSPS) is 12.3. The predicted molar refractivity (Wildman–Crippen MR) is 72.8 cm³/mol. The Morgan fingerprint density at radius 2 is 2.11 bits per heavy atom. The smallest absolute Gasteiger partial charge is 0.266 e. The molecular weight excluding hydrogens is 242 g/mol. The highest BCUT2D eigenvalue weighted by molar-refractivity contribution is 5.52. The van der Waals surface area contributed by atoms with E-state index in [1.54, 1.807) is 19.4 Å². The monoisotopic (exact) mass is 259 g/mol. The number of hydrogen-bond donors (Lipinski definition) is 0. The van der Waals surface area contributed by atoms with Crippen LogP contribution in [0.2, 0.25) is 0 Å². The number of aromatic nitrogens is 3. The molecule has 0 aliphatic carbocycles. The van der Waals surface area contributed by atoms with Crippen molar-refractivity contribution in [3.05, 3.63) is 46.9 Å². The van der Waals surface area contributed by atoms with E-state index in [9.17, 15) is 4.79 Å². The van der Waals surface area contributed by atoms with Crippen molar-refractivity contribution in [2.45, 2.75) is 26.0 Å². The van der Waals surface area contributed by atoms with Crippen molar-refractivity contribution in [2.75, 3.05) is 7.11 Å². The van der Waals surface area contributed by atoms with E-state index in [1.165, 1.54) is 10.7 Å². The summed E-state index contributed by atoms with van der Waals surface area (Å²) in [6.07, 6.45) is 2.56. The van der Waals surface area contributed by atoms with Crippen LogP contribution in [0.1, 0.15) is 13.3 Å². The van der Waals surface area contributed by atoms with Gasteiger partial charge in [0, 0.05) is 25.9 Å². The second-order valence-corrected chi connectivity index (χ2v) is 4.33. The molecule has 100 valence electrons. The van der Waals surface area contributed by atoms with Gasteiger partial charge in [-0.15, -0.1) is 0 Å². The fraction of sp³-hybridized carbons (Fsp3) is 0.357. The summed E-state index contributed by atoms with van der Waals surface area (Å²) in [6, 6.07) is 8.83. The lowest BCUT2D eigenvalue weighted by atomic mass is 10.2. The van der Waals surface area contributed by atoms with Crippen LogP contribution in [-0.2, 0) is 11.3 Å². The molecular formula is C14H17N3O2. The lowest BCUT2D eigenvalue weighted by Crippen LogP contribution is -2.24. The summed E-state index contributed by atoms with van der Waals surface area (Å²) < 4.78 is 6.63. The van der Waals surface area contributed by atoms with E-state index < -0.39 is 0 Å². The summed E-state index contributed by atoms with van der Waals surface area (Å²) in [5, 5.41) is 4.33. The Hall–Kier alpha value is -2.01. The molecule has 0 aromatic carbocycles. The van der Waals surface area contributed by atoms with Crippen molar-refractivity contribution in [1.82, 2.24) is 14.8 Å². The van der Waals surface area contributed by atoms with E-state index in [0.717, 1.165) is 12.1 Å². The molecule has 1 atom stereocenters. The minimum atomic E-state index is -0.108. The molecule has 0 saturated carbocycles. The molecule has 0 N–H and O–H groups in total. The van der Waals surface area contributed by atoms with Crippen LogP contribution < -0.4 is 5.56 Å². The fourth-order valence-corrected chi connectivity index (χ4v) is 1.68. The molecule has 5 nitrogen and oxygen atoms in total. The van der Waals surface area contributed by atoms with E-state index >= 15 is 0 Å². The number of nitrogens with zero attached hydrogens (tertiary/aromatic N) is 3. The van der Waals surface area contributed by atoms with Crippen LogP contribution in [0.15, 0.2) is 41.3 Å². The van der Waals surface area contributed by atoms with Gasteiger partial charge in [-0.05, 0) is 31.5 Å². The third-order valence-corrected chi connectivity index (χ3v) is 2.94. The average molecular weight is 259 g/mol. The second-order valence-electron chi connectivity index (χ2n) is 4.33. The molecule has 0 aliphatic heterocycles. The van der Waals surface area contributed by atoms with Crippen molar-refractivity contribution in [2.24, 2.45) is 0 Å². The average Bonchev–Trinajstić information content (AvgIpc) is 2.47. The minimum Gasteiger partial charge on any atom is -0.382 e. The molecule has 19 heavy (non-hydrogen) atoms. The molecule has 0 radical (unpaired) electrons. The van der Waals surface area contributed by atoms with Crippen molar-refractivity contribution in [1.29, 1.82) is 0 Å². The number of rotatable bonds is 5. The SMILES string of the molecule is CO[C@H](C)CCn1nc(-c2ccccn2)ccc1=O. The van der Waals surface area contributed by atoms with E-state index in [2.05, 4.69) is 10.1 Å². The first-order valence-electron chi connectivity index (χ1n) is 6.23. The van der Waals surface area contributed by atoms with Crippen LogP contribution in [0.5, 0.6) is 0 Å². The number of hydrogen-bond acceptors (Lipinski definition) is 4. The quantitative estimate of drug-likeness (QED) is 0.820. The molecule has 2 heterocycles. The third-order valence-electron chi connectivity index (χ3n) is 2.94. The summed E-state index contributed by atoms with van der Waals surface area (Å²) in [4.78, 5) is 16.0. The Labute approximate surface area is 111 Å². The largest absolute Gasteiger partial charge is 0.382 e. The molecule has 0 bridgehead atoms. The Morgan fingerprint density at radius 1 is 1.26 bits per heavy atom. The van der Waals surface area contributed by atoms with Gasteiger partial charge in [-0.2, -0.15) is 5.10 Å². The van der Waals surface area contributed by atoms with Gasteiger partial charge >= 0.3 is 0 Å². The van der Waals surface area contributed by atoms with E-state index in [1.807, 2.05) is 25.1 Å². The van der Waals surface area contributed by atoms with Gasteiger partial charge in [0.2, 0.25) is 0 Å². The summed E-state index contributed by atoms with van der Waals surface area (Å²) in [7, 11) is 1.66. The predicted octanol–water partition coefficient (Wildman–Crippen LogP) is 1.73. The van der Waals surface area contributed by atoms with Crippen molar-refractivity contribution in [3.8, 4) is 11.4 Å². The Balaban J connectivity index is 2.23. The zero-order chi connectivity index (χ0) is 13.7. The summed E-state index contributed by atoms with van der Waals surface area (Å²) in [5.74, 6) is 0. The molecule has 0 unspecified atom stereocenters. The van der Waals surface area contributed by atoms with Crippen LogP contribution >= 0.6 is 0 Å². The minimum absolute atomic E-state index is 0.104. The highest BCUT2D eigenvalue weighted by Crippen LogP contribution is 2.10. The topological polar surface area (TPSA) is 57.0 Å². The Kier molecular flexibility index (Phi) is 4.41. The van der Waals surface area contributed by atoms with Gasteiger partial charge in [-0.1, -0.05) is 6.07 Å². The molecule has 0 fully saturated rings. The van der Waals surface area contributed by atoms with E-state index in [-0.39, 0.29) is 11.7 Å². The van der Waals surface area contributed by atoms with Crippen LogP contribution in [0.4, 0.5) is 0 Å². The van der Waals surface area contributed by atoms with Crippen molar-refractivity contribution in [3.63, 3.8) is 0 Å². The molecule has 2 rings (SSSR count). The first kappa shape index (κ1) is 13.4. The molecule has 2 aromatic heterocycles. The fourth-order valence-electron chi connectivity index (χ4n) is 1.68. The molecule has 5 heteroatoms. The summed E-state index contributed by atoms with van der Waals surface area (Å²) in [5.41, 5.74) is 1.35. The van der Waals surface area contributed by atoms with Crippen molar-refractivity contribution < 1.29 is 4.74 Å². The van der Waals surface area contributed by atoms with Crippen molar-refractivity contribution >= 4 is 0 Å². The van der Waals surface area contributed by atoms with Gasteiger partial charge in [0.1, 0.15) is 5.69 Å².